The van der Waals surface area contributed by atoms with Gasteiger partial charge in [-0.3, -0.25) is 9.69 Å². The molecule has 1 fully saturated rings. The van der Waals surface area contributed by atoms with E-state index in [2.05, 4.69) is 15.5 Å². The maximum absolute atomic E-state index is 12.8. The van der Waals surface area contributed by atoms with Crippen LogP contribution in [0.2, 0.25) is 0 Å². The fraction of sp³-hybridized carbons (Fsp3) is 0.200. The summed E-state index contributed by atoms with van der Waals surface area (Å²) in [4.78, 5) is 26.7. The first-order valence-corrected chi connectivity index (χ1v) is 10.6. The van der Waals surface area contributed by atoms with Crippen molar-refractivity contribution in [3.63, 3.8) is 0 Å². The summed E-state index contributed by atoms with van der Waals surface area (Å²) < 4.78 is 5.34. The van der Waals surface area contributed by atoms with E-state index in [4.69, 9.17) is 4.74 Å². The van der Waals surface area contributed by atoms with E-state index in [1.165, 1.54) is 4.90 Å². The molecule has 168 valence electrons. The number of aliphatic hydroxyl groups excluding tert-OH is 1. The summed E-state index contributed by atoms with van der Waals surface area (Å²) in [5, 5.41) is 21.2. The zero-order valence-electron chi connectivity index (χ0n) is 17.9. The number of hydrogen-bond acceptors (Lipinski definition) is 6. The van der Waals surface area contributed by atoms with Gasteiger partial charge in [0.1, 0.15) is 12.6 Å². The molecule has 0 radical (unpaired) electrons. The van der Waals surface area contributed by atoms with Gasteiger partial charge in [-0.2, -0.15) is 10.2 Å². The van der Waals surface area contributed by atoms with Gasteiger partial charge in [0, 0.05) is 12.1 Å². The molecule has 2 N–H and O–H groups in total. The second-order valence-corrected chi connectivity index (χ2v) is 7.67. The van der Waals surface area contributed by atoms with Gasteiger partial charge in [-0.15, -0.1) is 0 Å². The SMILES string of the molecule is O=C(Nc1ccc(N=Nc2ccccc2)cc1)[C@@H]1C[C@@H](O)CN1C(=O)OCc1ccccc1. The van der Waals surface area contributed by atoms with E-state index in [-0.39, 0.29) is 25.5 Å². The van der Waals surface area contributed by atoms with E-state index in [0.29, 0.717) is 11.4 Å². The molecule has 0 aromatic heterocycles. The average Bonchev–Trinajstić information content (AvgIpc) is 3.25. The highest BCUT2D eigenvalue weighted by Crippen LogP contribution is 2.23. The predicted molar refractivity (Wildman–Crippen MR) is 123 cm³/mol. The number of hydrogen-bond donors (Lipinski definition) is 2. The molecule has 8 heteroatoms. The molecule has 1 heterocycles. The lowest BCUT2D eigenvalue weighted by Crippen LogP contribution is -2.43. The molecule has 0 bridgehead atoms. The smallest absolute Gasteiger partial charge is 0.410 e. The topological polar surface area (TPSA) is 104 Å². The number of aliphatic hydroxyl groups is 1. The van der Waals surface area contributed by atoms with Gasteiger partial charge >= 0.3 is 6.09 Å². The number of nitrogens with zero attached hydrogens (tertiary/aromatic N) is 3. The minimum absolute atomic E-state index is 0.0461. The van der Waals surface area contributed by atoms with Crippen molar-refractivity contribution in [3.8, 4) is 0 Å². The highest BCUT2D eigenvalue weighted by molar-refractivity contribution is 5.97. The molecule has 2 atom stereocenters. The van der Waals surface area contributed by atoms with Crippen molar-refractivity contribution >= 4 is 29.1 Å². The van der Waals surface area contributed by atoms with Gasteiger partial charge in [0.25, 0.3) is 0 Å². The van der Waals surface area contributed by atoms with Gasteiger partial charge < -0.3 is 15.2 Å². The first-order valence-electron chi connectivity index (χ1n) is 10.6. The monoisotopic (exact) mass is 444 g/mol. The lowest BCUT2D eigenvalue weighted by Gasteiger charge is -2.23. The van der Waals surface area contributed by atoms with Crippen molar-refractivity contribution in [2.24, 2.45) is 10.2 Å². The summed E-state index contributed by atoms with van der Waals surface area (Å²) in [6, 6.07) is 24.7. The number of β-amino-alcohol motifs (C(OH)–C–C–N with tert-alkyl or cyclic N) is 1. The number of amides is 2. The molecule has 33 heavy (non-hydrogen) atoms. The van der Waals surface area contributed by atoms with E-state index < -0.39 is 18.2 Å². The number of carbonyl (C=O) groups is 2. The van der Waals surface area contributed by atoms with Crippen LogP contribution in [0.3, 0.4) is 0 Å². The van der Waals surface area contributed by atoms with Gasteiger partial charge in [0.2, 0.25) is 5.91 Å². The van der Waals surface area contributed by atoms with Gasteiger partial charge in [0.05, 0.1) is 24.0 Å². The number of nitrogens with one attached hydrogen (secondary N) is 1. The third-order valence-electron chi connectivity index (χ3n) is 5.19. The maximum Gasteiger partial charge on any atom is 0.410 e. The van der Waals surface area contributed by atoms with Gasteiger partial charge in [-0.25, -0.2) is 4.79 Å². The Balaban J connectivity index is 1.35. The number of rotatable bonds is 6. The number of azo groups is 1. The Morgan fingerprint density at radius 2 is 1.52 bits per heavy atom. The van der Waals surface area contributed by atoms with Crippen molar-refractivity contribution in [3.05, 3.63) is 90.5 Å². The maximum atomic E-state index is 12.8. The van der Waals surface area contributed by atoms with E-state index in [0.717, 1.165) is 11.3 Å². The molecule has 4 rings (SSSR count). The number of anilines is 1. The van der Waals surface area contributed by atoms with E-state index in [9.17, 15) is 14.7 Å². The minimum atomic E-state index is -0.819. The van der Waals surface area contributed by atoms with Crippen LogP contribution in [0.15, 0.2) is 95.2 Å². The Bertz CT molecular complexity index is 1100. The second kappa shape index (κ2) is 10.5. The second-order valence-electron chi connectivity index (χ2n) is 7.67. The Morgan fingerprint density at radius 3 is 2.18 bits per heavy atom. The summed E-state index contributed by atoms with van der Waals surface area (Å²) in [5.74, 6) is -0.387. The molecule has 8 nitrogen and oxygen atoms in total. The first-order chi connectivity index (χ1) is 16.1. The van der Waals surface area contributed by atoms with Crippen LogP contribution in [0, 0.1) is 0 Å². The van der Waals surface area contributed by atoms with Crippen LogP contribution < -0.4 is 5.32 Å². The van der Waals surface area contributed by atoms with E-state index >= 15 is 0 Å². The van der Waals surface area contributed by atoms with Crippen LogP contribution in [-0.2, 0) is 16.1 Å². The van der Waals surface area contributed by atoms with Crippen LogP contribution in [0.25, 0.3) is 0 Å². The van der Waals surface area contributed by atoms with Crippen LogP contribution in [0.1, 0.15) is 12.0 Å². The zero-order chi connectivity index (χ0) is 23.0. The van der Waals surface area contributed by atoms with E-state index in [1.54, 1.807) is 24.3 Å². The number of ether oxygens (including phenoxy) is 1. The molecule has 1 saturated heterocycles. The molecular weight excluding hydrogens is 420 g/mol. The third kappa shape index (κ3) is 6.02. The molecule has 0 unspecified atom stereocenters. The Labute approximate surface area is 191 Å². The van der Waals surface area contributed by atoms with Crippen molar-refractivity contribution in [2.75, 3.05) is 11.9 Å². The first kappa shape index (κ1) is 22.2. The molecule has 0 spiro atoms. The molecule has 2 amide bonds. The molecule has 1 aliphatic heterocycles. The zero-order valence-corrected chi connectivity index (χ0v) is 17.9. The number of carbonyl (C=O) groups excluding carboxylic acids is 2. The van der Waals surface area contributed by atoms with Crippen molar-refractivity contribution in [1.29, 1.82) is 0 Å². The normalized spacial score (nSPS) is 17.8. The van der Waals surface area contributed by atoms with Crippen molar-refractivity contribution in [1.82, 2.24) is 4.90 Å². The largest absolute Gasteiger partial charge is 0.445 e. The summed E-state index contributed by atoms with van der Waals surface area (Å²) in [6.07, 6.45) is -1.27. The highest BCUT2D eigenvalue weighted by atomic mass is 16.6. The van der Waals surface area contributed by atoms with Crippen LogP contribution in [-0.4, -0.2) is 40.7 Å². The van der Waals surface area contributed by atoms with E-state index in [1.807, 2.05) is 60.7 Å². The molecule has 0 saturated carbocycles. The standard InChI is InChI=1S/C25H24N4O4/c30-22-15-23(29(16-22)25(32)33-17-18-7-3-1-4-8-18)24(31)26-19-11-13-21(14-12-19)28-27-20-9-5-2-6-10-20/h1-14,22-23,30H,15-17H2,(H,26,31)/t22-,23+/m1/s1. The fourth-order valence-electron chi connectivity index (χ4n) is 3.51. The van der Waals surface area contributed by atoms with Crippen LogP contribution in [0.5, 0.6) is 0 Å². The van der Waals surface area contributed by atoms with Gasteiger partial charge in [-0.05, 0) is 42.0 Å². The van der Waals surface area contributed by atoms with Crippen molar-refractivity contribution in [2.45, 2.75) is 25.2 Å². The van der Waals surface area contributed by atoms with Crippen LogP contribution >= 0.6 is 0 Å². The third-order valence-corrected chi connectivity index (χ3v) is 5.19. The lowest BCUT2D eigenvalue weighted by atomic mass is 10.2. The molecule has 3 aromatic rings. The molecule has 1 aliphatic rings. The molecule has 0 aliphatic carbocycles. The highest BCUT2D eigenvalue weighted by Gasteiger charge is 2.39. The summed E-state index contributed by atoms with van der Waals surface area (Å²) in [5.41, 5.74) is 2.78. The summed E-state index contributed by atoms with van der Waals surface area (Å²) in [6.45, 7) is 0.143. The average molecular weight is 444 g/mol. The number of likely N-dealkylation sites (tertiary alicyclic amines) is 1. The minimum Gasteiger partial charge on any atom is -0.445 e. The Morgan fingerprint density at radius 1 is 0.909 bits per heavy atom. The summed E-state index contributed by atoms with van der Waals surface area (Å²) in [7, 11) is 0. The lowest BCUT2D eigenvalue weighted by molar-refractivity contribution is -0.120. The van der Waals surface area contributed by atoms with Crippen molar-refractivity contribution < 1.29 is 19.4 Å². The van der Waals surface area contributed by atoms with Crippen LogP contribution in [0.4, 0.5) is 21.9 Å². The Kier molecular flexibility index (Phi) is 7.06. The van der Waals surface area contributed by atoms with Gasteiger partial charge in [0.15, 0.2) is 0 Å². The van der Waals surface area contributed by atoms with Gasteiger partial charge in [-0.1, -0.05) is 48.5 Å². The quantitative estimate of drug-likeness (QED) is 0.532. The summed E-state index contributed by atoms with van der Waals surface area (Å²) >= 11 is 0. The Hall–Kier alpha value is -4.04. The fourth-order valence-corrected chi connectivity index (χ4v) is 3.51. The number of benzene rings is 3. The predicted octanol–water partition coefficient (Wildman–Crippen LogP) is 4.81. The molecular formula is C25H24N4O4. The molecule has 3 aromatic carbocycles.